The van der Waals surface area contributed by atoms with Gasteiger partial charge in [-0.1, -0.05) is 23.2 Å². The summed E-state index contributed by atoms with van der Waals surface area (Å²) in [6.07, 6.45) is 0.334. The van der Waals surface area contributed by atoms with Crippen molar-refractivity contribution in [3.63, 3.8) is 0 Å². The van der Waals surface area contributed by atoms with Crippen molar-refractivity contribution in [2.24, 2.45) is 0 Å². The second kappa shape index (κ2) is 10.2. The normalized spacial score (nSPS) is 10.9. The van der Waals surface area contributed by atoms with Gasteiger partial charge in [-0.05, 0) is 63.1 Å². The lowest BCUT2D eigenvalue weighted by molar-refractivity contribution is -0.143. The summed E-state index contributed by atoms with van der Waals surface area (Å²) in [4.78, 5) is 36.7. The lowest BCUT2D eigenvalue weighted by atomic mass is 10.0. The molecule has 0 fully saturated rings. The van der Waals surface area contributed by atoms with E-state index in [0.717, 1.165) is 10.9 Å². The first kappa shape index (κ1) is 23.8. The second-order valence-corrected chi connectivity index (χ2v) is 8.02. The number of benzene rings is 2. The number of ketones is 1. The summed E-state index contributed by atoms with van der Waals surface area (Å²) in [5.74, 6) is -0.208. The maximum Gasteiger partial charge on any atom is 0.339 e. The van der Waals surface area contributed by atoms with Gasteiger partial charge in [0, 0.05) is 28.5 Å². The molecule has 168 valence electrons. The Bertz CT molecular complexity index is 1250. The molecule has 0 N–H and O–H groups in total. The minimum atomic E-state index is -0.508. The molecule has 0 radical (unpaired) electrons. The van der Waals surface area contributed by atoms with Crippen LogP contribution in [0.2, 0.25) is 10.0 Å². The molecule has 1 aromatic heterocycles. The van der Waals surface area contributed by atoms with E-state index in [2.05, 4.69) is 0 Å². The predicted molar refractivity (Wildman–Crippen MR) is 123 cm³/mol. The summed E-state index contributed by atoms with van der Waals surface area (Å²) in [5.41, 5.74) is 2.03. The highest BCUT2D eigenvalue weighted by Crippen LogP contribution is 2.30. The molecule has 0 aliphatic heterocycles. The van der Waals surface area contributed by atoms with Crippen LogP contribution in [0, 0.1) is 13.8 Å². The number of halogens is 2. The first-order valence-electron chi connectivity index (χ1n) is 10.1. The van der Waals surface area contributed by atoms with E-state index in [4.69, 9.17) is 37.1 Å². The number of carbonyl (C=O) groups excluding carboxylic acids is 2. The van der Waals surface area contributed by atoms with Crippen LogP contribution in [0.15, 0.2) is 39.5 Å². The van der Waals surface area contributed by atoms with E-state index in [1.165, 1.54) is 6.07 Å². The number of esters is 1. The average molecular weight is 477 g/mol. The van der Waals surface area contributed by atoms with Crippen LogP contribution in [0.1, 0.15) is 40.4 Å². The minimum Gasteiger partial charge on any atom is -0.485 e. The molecule has 0 saturated heterocycles. The Labute approximate surface area is 195 Å². The quantitative estimate of drug-likeness (QED) is 0.243. The van der Waals surface area contributed by atoms with Crippen LogP contribution in [0.4, 0.5) is 0 Å². The van der Waals surface area contributed by atoms with Crippen molar-refractivity contribution in [1.82, 2.24) is 0 Å². The van der Waals surface area contributed by atoms with Crippen molar-refractivity contribution in [3.05, 3.63) is 73.1 Å². The number of Topliss-reactive ketones (excluding diaryl/α,β-unsaturated/α-hetero) is 1. The maximum absolute atomic E-state index is 12.6. The van der Waals surface area contributed by atoms with Crippen LogP contribution in [-0.4, -0.2) is 25.0 Å². The molecular formula is C24H22Cl2O6. The third-order valence-electron chi connectivity index (χ3n) is 5.14. The second-order valence-electron chi connectivity index (χ2n) is 7.20. The van der Waals surface area contributed by atoms with Gasteiger partial charge in [0.1, 0.15) is 11.3 Å². The molecule has 0 atom stereocenters. The molecule has 32 heavy (non-hydrogen) atoms. The fourth-order valence-electron chi connectivity index (χ4n) is 3.37. The molecule has 0 amide bonds. The van der Waals surface area contributed by atoms with Crippen molar-refractivity contribution in [2.75, 3.05) is 13.2 Å². The van der Waals surface area contributed by atoms with Gasteiger partial charge in [0.2, 0.25) is 0 Å². The Morgan fingerprint density at radius 1 is 1.03 bits per heavy atom. The van der Waals surface area contributed by atoms with Gasteiger partial charge in [-0.3, -0.25) is 9.59 Å². The number of carbonyl (C=O) groups is 2. The number of rotatable bonds is 8. The summed E-state index contributed by atoms with van der Waals surface area (Å²) in [6.45, 7) is 5.37. The molecule has 0 aliphatic rings. The third kappa shape index (κ3) is 5.14. The van der Waals surface area contributed by atoms with Crippen molar-refractivity contribution < 1.29 is 23.5 Å². The van der Waals surface area contributed by atoms with Crippen molar-refractivity contribution in [2.45, 2.75) is 33.6 Å². The van der Waals surface area contributed by atoms with E-state index in [1.807, 2.05) is 6.92 Å². The van der Waals surface area contributed by atoms with Crippen LogP contribution in [0.25, 0.3) is 11.0 Å². The smallest absolute Gasteiger partial charge is 0.339 e. The first-order chi connectivity index (χ1) is 15.2. The Hall–Kier alpha value is -2.83. The molecular weight excluding hydrogens is 455 g/mol. The van der Waals surface area contributed by atoms with E-state index >= 15 is 0 Å². The molecule has 6 nitrogen and oxygen atoms in total. The van der Waals surface area contributed by atoms with Gasteiger partial charge < -0.3 is 13.9 Å². The predicted octanol–water partition coefficient (Wildman–Crippen LogP) is 5.47. The van der Waals surface area contributed by atoms with E-state index in [9.17, 15) is 14.4 Å². The third-order valence-corrected chi connectivity index (χ3v) is 5.88. The van der Waals surface area contributed by atoms with Crippen LogP contribution in [-0.2, 0) is 16.0 Å². The number of hydrogen-bond acceptors (Lipinski definition) is 6. The molecule has 2 aromatic carbocycles. The number of aryl methyl sites for hydroxylation is 2. The zero-order valence-corrected chi connectivity index (χ0v) is 19.4. The van der Waals surface area contributed by atoms with Gasteiger partial charge in [0.05, 0.1) is 16.7 Å². The van der Waals surface area contributed by atoms with Crippen LogP contribution < -0.4 is 10.4 Å². The summed E-state index contributed by atoms with van der Waals surface area (Å²) in [7, 11) is 0. The number of ether oxygens (including phenoxy) is 2. The highest BCUT2D eigenvalue weighted by Gasteiger charge is 2.17. The molecule has 0 aliphatic carbocycles. The molecule has 8 heteroatoms. The Balaban J connectivity index is 1.82. The zero-order valence-electron chi connectivity index (χ0n) is 17.9. The standard InChI is InChI=1S/C24H22Cl2O6/c1-4-30-22(28)10-7-17-13(2)16-6-9-21(14(3)23(16)32-24(17)29)31-12-20(27)15-5-8-18(25)19(26)11-15/h5-6,8-9,11H,4,7,10,12H2,1-3H3. The molecule has 3 rings (SSSR count). The number of fused-ring (bicyclic) bond motifs is 1. The van der Waals surface area contributed by atoms with Crippen LogP contribution >= 0.6 is 23.2 Å². The van der Waals surface area contributed by atoms with Gasteiger partial charge in [0.15, 0.2) is 12.4 Å². The molecule has 1 heterocycles. The molecule has 0 unspecified atom stereocenters. The van der Waals surface area contributed by atoms with Crippen molar-refractivity contribution in [1.29, 1.82) is 0 Å². The van der Waals surface area contributed by atoms with E-state index in [1.54, 1.807) is 38.1 Å². The zero-order chi connectivity index (χ0) is 23.4. The summed E-state index contributed by atoms with van der Waals surface area (Å²) >= 11 is 11.9. The molecule has 0 saturated carbocycles. The molecule has 0 spiro atoms. The number of hydrogen-bond donors (Lipinski definition) is 0. The fraction of sp³-hybridized carbons (Fsp3) is 0.292. The van der Waals surface area contributed by atoms with Crippen molar-refractivity contribution >= 4 is 45.9 Å². The van der Waals surface area contributed by atoms with Gasteiger partial charge >= 0.3 is 11.6 Å². The van der Waals surface area contributed by atoms with Crippen molar-refractivity contribution in [3.8, 4) is 5.75 Å². The molecule has 3 aromatic rings. The van der Waals surface area contributed by atoms with Gasteiger partial charge in [-0.2, -0.15) is 0 Å². The van der Waals surface area contributed by atoms with Gasteiger partial charge in [0.25, 0.3) is 0 Å². The topological polar surface area (TPSA) is 82.8 Å². The Morgan fingerprint density at radius 2 is 1.78 bits per heavy atom. The van der Waals surface area contributed by atoms with Gasteiger partial charge in [-0.15, -0.1) is 0 Å². The van der Waals surface area contributed by atoms with Crippen LogP contribution in [0.3, 0.4) is 0 Å². The van der Waals surface area contributed by atoms with E-state index < -0.39 is 5.63 Å². The molecule has 0 bridgehead atoms. The van der Waals surface area contributed by atoms with E-state index in [0.29, 0.717) is 39.7 Å². The Kier molecular flexibility index (Phi) is 7.59. The van der Waals surface area contributed by atoms with E-state index in [-0.39, 0.29) is 36.2 Å². The Morgan fingerprint density at radius 3 is 2.47 bits per heavy atom. The summed E-state index contributed by atoms with van der Waals surface area (Å²) in [5, 5.41) is 1.39. The SMILES string of the molecule is CCOC(=O)CCc1c(C)c2ccc(OCC(=O)c3ccc(Cl)c(Cl)c3)c(C)c2oc1=O. The highest BCUT2D eigenvalue weighted by molar-refractivity contribution is 6.42. The average Bonchev–Trinajstić information content (AvgIpc) is 2.75. The fourth-order valence-corrected chi connectivity index (χ4v) is 3.67. The lowest BCUT2D eigenvalue weighted by Crippen LogP contribution is -2.15. The summed E-state index contributed by atoms with van der Waals surface area (Å²) < 4.78 is 16.2. The lowest BCUT2D eigenvalue weighted by Gasteiger charge is -2.13. The highest BCUT2D eigenvalue weighted by atomic mass is 35.5. The first-order valence-corrected chi connectivity index (χ1v) is 10.8. The minimum absolute atomic E-state index is 0.0992. The summed E-state index contributed by atoms with van der Waals surface area (Å²) in [6, 6.07) is 8.11. The van der Waals surface area contributed by atoms with Crippen LogP contribution in [0.5, 0.6) is 5.75 Å². The maximum atomic E-state index is 12.6. The van der Waals surface area contributed by atoms with Gasteiger partial charge in [-0.25, -0.2) is 4.79 Å². The largest absolute Gasteiger partial charge is 0.485 e. The monoisotopic (exact) mass is 476 g/mol.